The molecule has 486 valence electrons. The SMILES string of the molecule is CCCCCCC/C=C\C/C=C\CCCCCCCCCCCCCCCCCCCCCCCC(=O)OCC(COC(=O)CCCCCCCCCCCCC)OC(=O)CCCCCCCCCCC/C=C\C/C=C\CCCCCCC. The van der Waals surface area contributed by atoms with Gasteiger partial charge in [-0.25, -0.2) is 0 Å². The zero-order chi connectivity index (χ0) is 59.9. The van der Waals surface area contributed by atoms with Gasteiger partial charge < -0.3 is 14.2 Å². The predicted molar refractivity (Wildman–Crippen MR) is 362 cm³/mol. The summed E-state index contributed by atoms with van der Waals surface area (Å²) in [4.78, 5) is 38.4. The maximum Gasteiger partial charge on any atom is 0.306 e. The molecule has 0 bridgehead atoms. The van der Waals surface area contributed by atoms with Gasteiger partial charge in [-0.2, -0.15) is 0 Å². The number of ether oxygens (including phenoxy) is 3. The first-order valence-electron chi connectivity index (χ1n) is 37.1. The fourth-order valence-corrected chi connectivity index (χ4v) is 11.2. The third-order valence-electron chi connectivity index (χ3n) is 16.8. The summed E-state index contributed by atoms with van der Waals surface area (Å²) in [5.41, 5.74) is 0. The van der Waals surface area contributed by atoms with Gasteiger partial charge in [-0.3, -0.25) is 14.4 Å². The molecular weight excluding hydrogens is 1020 g/mol. The van der Waals surface area contributed by atoms with Crippen molar-refractivity contribution in [2.24, 2.45) is 0 Å². The van der Waals surface area contributed by atoms with E-state index in [1.54, 1.807) is 0 Å². The van der Waals surface area contributed by atoms with Gasteiger partial charge in [-0.05, 0) is 83.5 Å². The molecular formula is C77H142O6. The summed E-state index contributed by atoms with van der Waals surface area (Å²) in [6.07, 6.45) is 91.6. The molecule has 83 heavy (non-hydrogen) atoms. The van der Waals surface area contributed by atoms with Crippen molar-refractivity contribution in [1.82, 2.24) is 0 Å². The highest BCUT2D eigenvalue weighted by Crippen LogP contribution is 2.19. The Morgan fingerprint density at radius 2 is 0.434 bits per heavy atom. The number of allylic oxidation sites excluding steroid dienone is 8. The van der Waals surface area contributed by atoms with Gasteiger partial charge in [0, 0.05) is 19.3 Å². The summed E-state index contributed by atoms with van der Waals surface area (Å²) in [7, 11) is 0. The Morgan fingerprint density at radius 3 is 0.663 bits per heavy atom. The number of carbonyl (C=O) groups excluding carboxylic acids is 3. The van der Waals surface area contributed by atoms with Crippen LogP contribution in [0.1, 0.15) is 406 Å². The molecule has 6 nitrogen and oxygen atoms in total. The highest BCUT2D eigenvalue weighted by atomic mass is 16.6. The summed E-state index contributed by atoms with van der Waals surface area (Å²) in [6, 6.07) is 0. The van der Waals surface area contributed by atoms with Crippen molar-refractivity contribution in [3.8, 4) is 0 Å². The van der Waals surface area contributed by atoms with Gasteiger partial charge in [-0.1, -0.05) is 352 Å². The topological polar surface area (TPSA) is 78.9 Å². The van der Waals surface area contributed by atoms with Gasteiger partial charge in [0.1, 0.15) is 13.2 Å². The zero-order valence-electron chi connectivity index (χ0n) is 56.0. The third kappa shape index (κ3) is 70.0. The molecule has 0 saturated carbocycles. The van der Waals surface area contributed by atoms with Crippen molar-refractivity contribution in [2.75, 3.05) is 13.2 Å². The fraction of sp³-hybridized carbons (Fsp3) is 0.857. The van der Waals surface area contributed by atoms with E-state index in [2.05, 4.69) is 69.4 Å². The Labute approximate surface area is 518 Å². The first kappa shape index (κ1) is 80.4. The maximum atomic E-state index is 12.9. The summed E-state index contributed by atoms with van der Waals surface area (Å²) < 4.78 is 17.0. The standard InChI is InChI=1S/C77H142O6/c1-4-7-10-13-16-19-22-24-26-28-30-32-33-34-35-36-37-38-39-40-41-42-43-45-46-48-50-52-55-58-61-64-67-70-76(79)82-73-74(72-81-75(78)69-66-63-60-57-54-21-18-15-12-9-6-3)83-77(80)71-68-65-62-59-56-53-51-49-47-44-31-29-27-25-23-20-17-14-11-8-5-2/h22-25,28-31,74H,4-21,26-27,32-73H2,1-3H3/b24-22-,25-23-,30-28-,31-29-. The Kier molecular flexibility index (Phi) is 69.6. The second-order valence-corrected chi connectivity index (χ2v) is 25.2. The average molecular weight is 1160 g/mol. The minimum atomic E-state index is -0.773. The molecule has 0 spiro atoms. The molecule has 6 heteroatoms. The van der Waals surface area contributed by atoms with Crippen molar-refractivity contribution >= 4 is 17.9 Å². The van der Waals surface area contributed by atoms with Gasteiger partial charge in [0.25, 0.3) is 0 Å². The lowest BCUT2D eigenvalue weighted by Gasteiger charge is -2.18. The molecule has 0 N–H and O–H groups in total. The molecule has 1 unspecified atom stereocenters. The predicted octanol–water partition coefficient (Wildman–Crippen LogP) is 25.7. The fourth-order valence-electron chi connectivity index (χ4n) is 11.2. The van der Waals surface area contributed by atoms with E-state index in [1.807, 2.05) is 0 Å². The molecule has 0 amide bonds. The molecule has 1 atom stereocenters. The molecule has 0 aliphatic rings. The minimum Gasteiger partial charge on any atom is -0.462 e. The van der Waals surface area contributed by atoms with E-state index in [4.69, 9.17) is 14.2 Å². The number of esters is 3. The number of rotatable bonds is 69. The van der Waals surface area contributed by atoms with E-state index < -0.39 is 6.10 Å². The van der Waals surface area contributed by atoms with Crippen LogP contribution in [0.2, 0.25) is 0 Å². The van der Waals surface area contributed by atoms with Crippen LogP contribution in [-0.2, 0) is 28.6 Å². The van der Waals surface area contributed by atoms with E-state index >= 15 is 0 Å². The maximum absolute atomic E-state index is 12.9. The van der Waals surface area contributed by atoms with Crippen molar-refractivity contribution in [2.45, 2.75) is 412 Å². The van der Waals surface area contributed by atoms with Crippen LogP contribution in [0.4, 0.5) is 0 Å². The van der Waals surface area contributed by atoms with Crippen LogP contribution in [-0.4, -0.2) is 37.2 Å². The molecule has 0 aromatic rings. The molecule has 0 aromatic carbocycles. The molecule has 0 aromatic heterocycles. The van der Waals surface area contributed by atoms with Crippen LogP contribution < -0.4 is 0 Å². The second-order valence-electron chi connectivity index (χ2n) is 25.2. The Hall–Kier alpha value is -2.63. The molecule has 0 fully saturated rings. The van der Waals surface area contributed by atoms with Crippen LogP contribution in [0, 0.1) is 0 Å². The van der Waals surface area contributed by atoms with Crippen LogP contribution in [0.5, 0.6) is 0 Å². The number of hydrogen-bond donors (Lipinski definition) is 0. The largest absolute Gasteiger partial charge is 0.462 e. The van der Waals surface area contributed by atoms with Crippen LogP contribution in [0.15, 0.2) is 48.6 Å². The quantitative estimate of drug-likeness (QED) is 0.0261. The summed E-state index contributed by atoms with van der Waals surface area (Å²) in [5.74, 6) is -0.846. The van der Waals surface area contributed by atoms with Gasteiger partial charge in [-0.15, -0.1) is 0 Å². The van der Waals surface area contributed by atoms with Gasteiger partial charge in [0.05, 0.1) is 0 Å². The van der Waals surface area contributed by atoms with Crippen molar-refractivity contribution in [3.05, 3.63) is 48.6 Å². The lowest BCUT2D eigenvalue weighted by molar-refractivity contribution is -0.167. The summed E-state index contributed by atoms with van der Waals surface area (Å²) in [6.45, 7) is 6.67. The van der Waals surface area contributed by atoms with E-state index in [-0.39, 0.29) is 31.1 Å². The Morgan fingerprint density at radius 1 is 0.241 bits per heavy atom. The lowest BCUT2D eigenvalue weighted by atomic mass is 10.0. The molecule has 0 saturated heterocycles. The number of hydrogen-bond acceptors (Lipinski definition) is 6. The first-order valence-corrected chi connectivity index (χ1v) is 37.1. The highest BCUT2D eigenvalue weighted by molar-refractivity contribution is 5.71. The van der Waals surface area contributed by atoms with Crippen LogP contribution in [0.3, 0.4) is 0 Å². The third-order valence-corrected chi connectivity index (χ3v) is 16.8. The van der Waals surface area contributed by atoms with Crippen molar-refractivity contribution < 1.29 is 28.6 Å². The molecule has 0 radical (unpaired) electrons. The average Bonchev–Trinajstić information content (AvgIpc) is 3.48. The molecule has 0 aliphatic carbocycles. The monoisotopic (exact) mass is 1160 g/mol. The number of carbonyl (C=O) groups is 3. The van der Waals surface area contributed by atoms with Crippen molar-refractivity contribution in [3.63, 3.8) is 0 Å². The van der Waals surface area contributed by atoms with Crippen LogP contribution >= 0.6 is 0 Å². The van der Waals surface area contributed by atoms with Crippen molar-refractivity contribution in [1.29, 1.82) is 0 Å². The van der Waals surface area contributed by atoms with Gasteiger partial charge in [0.15, 0.2) is 6.10 Å². The second kappa shape index (κ2) is 71.8. The molecule has 0 aliphatic heterocycles. The van der Waals surface area contributed by atoms with E-state index in [0.29, 0.717) is 19.3 Å². The lowest BCUT2D eigenvalue weighted by Crippen LogP contribution is -2.30. The number of unbranched alkanes of at least 4 members (excludes halogenated alkanes) is 50. The van der Waals surface area contributed by atoms with Gasteiger partial charge >= 0.3 is 17.9 Å². The summed E-state index contributed by atoms with van der Waals surface area (Å²) in [5, 5.41) is 0. The Bertz CT molecular complexity index is 1430. The minimum absolute atomic E-state index is 0.0690. The van der Waals surface area contributed by atoms with Crippen LogP contribution in [0.25, 0.3) is 0 Å². The Balaban J connectivity index is 4.10. The van der Waals surface area contributed by atoms with E-state index in [1.165, 1.54) is 295 Å². The molecule has 0 heterocycles. The van der Waals surface area contributed by atoms with E-state index in [0.717, 1.165) is 70.6 Å². The smallest absolute Gasteiger partial charge is 0.306 e. The normalized spacial score (nSPS) is 12.3. The highest BCUT2D eigenvalue weighted by Gasteiger charge is 2.19. The van der Waals surface area contributed by atoms with Gasteiger partial charge in [0.2, 0.25) is 0 Å². The van der Waals surface area contributed by atoms with E-state index in [9.17, 15) is 14.4 Å². The zero-order valence-corrected chi connectivity index (χ0v) is 56.0. The first-order chi connectivity index (χ1) is 41.0. The molecule has 0 rings (SSSR count). The summed E-state index contributed by atoms with van der Waals surface area (Å²) >= 11 is 0.